The SMILES string of the molecule is CCOc1ccccc1NC(=O)C(Sc1cccc(NC(=O)c2c(Cl)c(Cl)c(Cl)c(Cl)c2C(=O)O)c1)c1ccccc1. The summed E-state index contributed by atoms with van der Waals surface area (Å²) in [6.45, 7) is 2.30. The molecule has 0 heterocycles. The van der Waals surface area contributed by atoms with Crippen molar-refractivity contribution in [3.8, 4) is 5.75 Å². The molecule has 0 saturated heterocycles. The summed E-state index contributed by atoms with van der Waals surface area (Å²) in [5.41, 5.74) is 0.599. The molecule has 7 nitrogen and oxygen atoms in total. The number of benzene rings is 4. The second-order valence-corrected chi connectivity index (χ2v) is 11.3. The Morgan fingerprint density at radius 3 is 2.12 bits per heavy atom. The molecule has 1 unspecified atom stereocenters. The number of carboxylic acids is 1. The van der Waals surface area contributed by atoms with Crippen molar-refractivity contribution in [3.63, 3.8) is 0 Å². The van der Waals surface area contributed by atoms with E-state index in [9.17, 15) is 19.5 Å². The Morgan fingerprint density at radius 1 is 0.810 bits per heavy atom. The summed E-state index contributed by atoms with van der Waals surface area (Å²) in [6.07, 6.45) is 0. The lowest BCUT2D eigenvalue weighted by molar-refractivity contribution is -0.115. The first kappa shape index (κ1) is 31.5. The van der Waals surface area contributed by atoms with Crippen molar-refractivity contribution in [2.75, 3.05) is 17.2 Å². The van der Waals surface area contributed by atoms with Gasteiger partial charge in [-0.05, 0) is 42.8 Å². The first-order valence-corrected chi connectivity index (χ1v) is 14.8. The zero-order valence-electron chi connectivity index (χ0n) is 21.8. The Labute approximate surface area is 266 Å². The largest absolute Gasteiger partial charge is 0.492 e. The van der Waals surface area contributed by atoms with Crippen molar-refractivity contribution in [2.24, 2.45) is 0 Å². The van der Waals surface area contributed by atoms with Crippen LogP contribution in [0.25, 0.3) is 0 Å². The van der Waals surface area contributed by atoms with Crippen LogP contribution in [0.1, 0.15) is 38.5 Å². The number of rotatable bonds is 10. The molecule has 2 amide bonds. The van der Waals surface area contributed by atoms with Gasteiger partial charge in [-0.15, -0.1) is 11.8 Å². The number of hydrogen-bond donors (Lipinski definition) is 3. The first-order chi connectivity index (χ1) is 20.1. The second-order valence-electron chi connectivity index (χ2n) is 8.62. The van der Waals surface area contributed by atoms with Crippen molar-refractivity contribution < 1.29 is 24.2 Å². The van der Waals surface area contributed by atoms with E-state index in [0.717, 1.165) is 5.56 Å². The molecule has 0 aliphatic carbocycles. The fourth-order valence-corrected chi connectivity index (χ4v) is 6.08. The molecule has 4 aromatic rings. The van der Waals surface area contributed by atoms with Crippen LogP contribution in [0.4, 0.5) is 11.4 Å². The summed E-state index contributed by atoms with van der Waals surface area (Å²) in [6, 6.07) is 23.1. The average Bonchev–Trinajstić information content (AvgIpc) is 2.98. The van der Waals surface area contributed by atoms with Crippen molar-refractivity contribution in [1.29, 1.82) is 0 Å². The lowest BCUT2D eigenvalue weighted by Crippen LogP contribution is -2.20. The van der Waals surface area contributed by atoms with Gasteiger partial charge in [0, 0.05) is 10.6 Å². The number of amides is 2. The van der Waals surface area contributed by atoms with E-state index in [1.165, 1.54) is 11.8 Å². The monoisotopic (exact) mass is 662 g/mol. The Morgan fingerprint density at radius 2 is 1.45 bits per heavy atom. The summed E-state index contributed by atoms with van der Waals surface area (Å²) in [5, 5.41) is 13.3. The third-order valence-corrected chi connectivity index (χ3v) is 8.89. The molecule has 0 fully saturated rings. The molecular formula is C30H22Cl4N2O5S. The third-order valence-electron chi connectivity index (χ3n) is 5.84. The van der Waals surface area contributed by atoms with Crippen LogP contribution in [-0.4, -0.2) is 29.5 Å². The smallest absolute Gasteiger partial charge is 0.338 e. The number of ether oxygens (including phenoxy) is 1. The molecule has 0 saturated carbocycles. The molecule has 4 aromatic carbocycles. The second kappa shape index (κ2) is 14.2. The Kier molecular flexibility index (Phi) is 10.6. The Bertz CT molecular complexity index is 1650. The highest BCUT2D eigenvalue weighted by atomic mass is 35.5. The van der Waals surface area contributed by atoms with Gasteiger partial charge in [-0.1, -0.05) is 94.9 Å². The molecule has 0 bridgehead atoms. The van der Waals surface area contributed by atoms with Crippen molar-refractivity contribution in [2.45, 2.75) is 17.1 Å². The molecule has 3 N–H and O–H groups in total. The van der Waals surface area contributed by atoms with Crippen LogP contribution in [0.15, 0.2) is 83.8 Å². The minimum Gasteiger partial charge on any atom is -0.492 e. The Hall–Kier alpha value is -3.40. The predicted octanol–water partition coefficient (Wildman–Crippen LogP) is 9.12. The van der Waals surface area contributed by atoms with E-state index in [1.807, 2.05) is 43.3 Å². The van der Waals surface area contributed by atoms with Crippen molar-refractivity contribution >= 4 is 87.3 Å². The maximum Gasteiger partial charge on any atom is 0.338 e. The number of hydrogen-bond acceptors (Lipinski definition) is 5. The van der Waals surface area contributed by atoms with Gasteiger partial charge >= 0.3 is 5.97 Å². The van der Waals surface area contributed by atoms with Crippen molar-refractivity contribution in [3.05, 3.63) is 116 Å². The zero-order valence-corrected chi connectivity index (χ0v) is 25.6. The number of para-hydroxylation sites is 2. The van der Waals surface area contributed by atoms with Crippen LogP contribution >= 0.6 is 58.2 Å². The van der Waals surface area contributed by atoms with Crippen LogP contribution in [0.2, 0.25) is 20.1 Å². The van der Waals surface area contributed by atoms with Gasteiger partial charge < -0.3 is 20.5 Å². The maximum atomic E-state index is 13.6. The molecule has 12 heteroatoms. The van der Waals surface area contributed by atoms with E-state index >= 15 is 0 Å². The lowest BCUT2D eigenvalue weighted by Gasteiger charge is -2.19. The van der Waals surface area contributed by atoms with Crippen molar-refractivity contribution in [1.82, 2.24) is 0 Å². The van der Waals surface area contributed by atoms with Gasteiger partial charge in [-0.2, -0.15) is 0 Å². The third kappa shape index (κ3) is 7.14. The topological polar surface area (TPSA) is 105 Å². The Balaban J connectivity index is 1.62. The van der Waals surface area contributed by atoms with Gasteiger partial charge in [0.2, 0.25) is 5.91 Å². The van der Waals surface area contributed by atoms with Gasteiger partial charge in [0.1, 0.15) is 11.0 Å². The maximum absolute atomic E-state index is 13.6. The number of aromatic carboxylic acids is 1. The molecule has 0 spiro atoms. The number of thioether (sulfide) groups is 1. The van der Waals surface area contributed by atoms with Gasteiger partial charge in [0.15, 0.2) is 0 Å². The van der Waals surface area contributed by atoms with Gasteiger partial charge in [0.05, 0.1) is 43.5 Å². The van der Waals surface area contributed by atoms with Crippen LogP contribution < -0.4 is 15.4 Å². The number of carbonyl (C=O) groups is 3. The van der Waals surface area contributed by atoms with E-state index < -0.39 is 33.3 Å². The highest BCUT2D eigenvalue weighted by Crippen LogP contribution is 2.42. The van der Waals surface area contributed by atoms with Crippen LogP contribution in [0, 0.1) is 0 Å². The molecule has 216 valence electrons. The average molecular weight is 664 g/mol. The van der Waals surface area contributed by atoms with Gasteiger partial charge in [0.25, 0.3) is 5.91 Å². The molecule has 42 heavy (non-hydrogen) atoms. The van der Waals surface area contributed by atoms with E-state index in [1.54, 1.807) is 42.5 Å². The normalized spacial score (nSPS) is 11.5. The number of carbonyl (C=O) groups excluding carboxylic acids is 2. The molecular weight excluding hydrogens is 642 g/mol. The number of halogens is 4. The predicted molar refractivity (Wildman–Crippen MR) is 169 cm³/mol. The van der Waals surface area contributed by atoms with Crippen LogP contribution in [0.3, 0.4) is 0 Å². The van der Waals surface area contributed by atoms with Crippen LogP contribution in [-0.2, 0) is 4.79 Å². The van der Waals surface area contributed by atoms with Gasteiger partial charge in [-0.25, -0.2) is 4.79 Å². The molecule has 0 aliphatic rings. The highest BCUT2D eigenvalue weighted by Gasteiger charge is 2.29. The molecule has 0 aliphatic heterocycles. The van der Waals surface area contributed by atoms with E-state index in [0.29, 0.717) is 28.6 Å². The summed E-state index contributed by atoms with van der Waals surface area (Å²) >= 11 is 25.7. The minimum absolute atomic E-state index is 0.245. The van der Waals surface area contributed by atoms with E-state index in [4.69, 9.17) is 51.1 Å². The summed E-state index contributed by atoms with van der Waals surface area (Å²) in [7, 11) is 0. The number of carboxylic acid groups (broad SMARTS) is 1. The highest BCUT2D eigenvalue weighted by molar-refractivity contribution is 8.00. The standard InChI is InChI=1S/C30H22Cl4N2O5S/c1-2-41-20-14-7-6-13-19(20)36-29(38)27(16-9-4-3-5-10-16)42-18-12-8-11-17(15-18)35-28(37)21-22(30(39)40)24(32)26(34)25(33)23(21)31/h3-15,27H,2H2,1H3,(H,35,37)(H,36,38)(H,39,40). The van der Waals surface area contributed by atoms with E-state index in [-0.39, 0.29) is 21.0 Å². The fraction of sp³-hybridized carbons (Fsp3) is 0.100. The first-order valence-electron chi connectivity index (χ1n) is 12.4. The number of nitrogens with one attached hydrogen (secondary N) is 2. The molecule has 0 aromatic heterocycles. The quantitative estimate of drug-likeness (QED) is 0.0888. The summed E-state index contributed by atoms with van der Waals surface area (Å²) in [4.78, 5) is 39.4. The minimum atomic E-state index is -1.50. The van der Waals surface area contributed by atoms with Gasteiger partial charge in [-0.3, -0.25) is 9.59 Å². The molecule has 1 atom stereocenters. The fourth-order valence-electron chi connectivity index (χ4n) is 3.97. The molecule has 0 radical (unpaired) electrons. The summed E-state index contributed by atoms with van der Waals surface area (Å²) in [5.74, 6) is -2.09. The lowest BCUT2D eigenvalue weighted by atomic mass is 10.1. The molecule has 4 rings (SSSR count). The zero-order chi connectivity index (χ0) is 30.4. The van der Waals surface area contributed by atoms with E-state index in [2.05, 4.69) is 10.6 Å². The number of anilines is 2. The summed E-state index contributed by atoms with van der Waals surface area (Å²) < 4.78 is 5.65. The van der Waals surface area contributed by atoms with Crippen LogP contribution in [0.5, 0.6) is 5.75 Å².